The van der Waals surface area contributed by atoms with E-state index in [1.54, 1.807) is 17.9 Å². The van der Waals surface area contributed by atoms with Gasteiger partial charge in [-0.15, -0.1) is 0 Å². The summed E-state index contributed by atoms with van der Waals surface area (Å²) < 4.78 is 4.99. The lowest BCUT2D eigenvalue weighted by Gasteiger charge is -2.23. The van der Waals surface area contributed by atoms with Gasteiger partial charge in [-0.25, -0.2) is 14.6 Å². The third-order valence-electron chi connectivity index (χ3n) is 3.91. The van der Waals surface area contributed by atoms with Crippen molar-refractivity contribution in [1.82, 2.24) is 4.90 Å². The zero-order valence-corrected chi connectivity index (χ0v) is 9.60. The Hall–Kier alpha value is -1.35. The second kappa shape index (κ2) is 3.91. The number of aliphatic imine (C=N–C) groups is 1. The lowest BCUT2D eigenvalue weighted by molar-refractivity contribution is 0.100. The van der Waals surface area contributed by atoms with Gasteiger partial charge in [0.15, 0.2) is 0 Å². The Bertz CT molecular complexity index is 351. The van der Waals surface area contributed by atoms with Crippen LogP contribution in [0.4, 0.5) is 4.79 Å². The summed E-state index contributed by atoms with van der Waals surface area (Å²) in [5, 5.41) is 0. The van der Waals surface area contributed by atoms with Gasteiger partial charge in [-0.3, -0.25) is 0 Å². The van der Waals surface area contributed by atoms with Gasteiger partial charge in [-0.2, -0.15) is 0 Å². The van der Waals surface area contributed by atoms with Gasteiger partial charge in [0.2, 0.25) is 6.08 Å². The number of amides is 1. The first-order valence-electron chi connectivity index (χ1n) is 5.66. The monoisotopic (exact) mass is 224 g/mol. The standard InChI is InChI=1S/C11H16N2O3/c1-3-16-10(15)13-5-4-11(8(13)2)6-9(11)12-7-14/h8-9H,3-6H2,1-2H3. The molecular weight excluding hydrogens is 208 g/mol. The molecule has 1 amide bonds. The van der Waals surface area contributed by atoms with Gasteiger partial charge in [-0.1, -0.05) is 0 Å². The fraction of sp³-hybridized carbons (Fsp3) is 0.818. The van der Waals surface area contributed by atoms with E-state index in [1.807, 2.05) is 6.92 Å². The quantitative estimate of drug-likeness (QED) is 0.525. The summed E-state index contributed by atoms with van der Waals surface area (Å²) in [6, 6.07) is 0.160. The third kappa shape index (κ3) is 1.52. The highest BCUT2D eigenvalue weighted by Gasteiger charge is 2.63. The highest BCUT2D eigenvalue weighted by Crippen LogP contribution is 2.58. The average molecular weight is 224 g/mol. The molecule has 0 aromatic carbocycles. The Labute approximate surface area is 94.5 Å². The molecule has 3 atom stereocenters. The topological polar surface area (TPSA) is 59.0 Å². The van der Waals surface area contributed by atoms with E-state index < -0.39 is 0 Å². The molecule has 0 aromatic heterocycles. The molecule has 0 radical (unpaired) electrons. The second-order valence-electron chi connectivity index (χ2n) is 4.49. The maximum absolute atomic E-state index is 11.6. The van der Waals surface area contributed by atoms with Crippen LogP contribution in [0.25, 0.3) is 0 Å². The summed E-state index contributed by atoms with van der Waals surface area (Å²) in [4.78, 5) is 27.4. The molecular formula is C11H16N2O3. The molecule has 1 aliphatic heterocycles. The van der Waals surface area contributed by atoms with Gasteiger partial charge in [0.05, 0.1) is 12.6 Å². The largest absolute Gasteiger partial charge is 0.450 e. The van der Waals surface area contributed by atoms with Crippen LogP contribution in [0.3, 0.4) is 0 Å². The van der Waals surface area contributed by atoms with Crippen molar-refractivity contribution >= 4 is 12.2 Å². The van der Waals surface area contributed by atoms with Gasteiger partial charge in [0.1, 0.15) is 0 Å². The minimum absolute atomic E-state index is 0.0180. The van der Waals surface area contributed by atoms with Gasteiger partial charge >= 0.3 is 6.09 Å². The van der Waals surface area contributed by atoms with E-state index in [2.05, 4.69) is 4.99 Å². The minimum atomic E-state index is -0.257. The average Bonchev–Trinajstić information content (AvgIpc) is 2.83. The van der Waals surface area contributed by atoms with Crippen LogP contribution in [0, 0.1) is 5.41 Å². The highest BCUT2D eigenvalue weighted by molar-refractivity contribution is 5.69. The van der Waals surface area contributed by atoms with Gasteiger partial charge < -0.3 is 9.64 Å². The first-order chi connectivity index (χ1) is 7.65. The number of nitrogens with zero attached hydrogens (tertiary/aromatic N) is 2. The normalized spacial score (nSPS) is 36.0. The Balaban J connectivity index is 2.03. The molecule has 2 aliphatic rings. The third-order valence-corrected chi connectivity index (χ3v) is 3.91. The van der Waals surface area contributed by atoms with Gasteiger partial charge in [0, 0.05) is 18.0 Å². The molecule has 3 unspecified atom stereocenters. The van der Waals surface area contributed by atoms with Crippen molar-refractivity contribution in [2.75, 3.05) is 13.2 Å². The maximum atomic E-state index is 11.6. The summed E-state index contributed by atoms with van der Waals surface area (Å²) in [7, 11) is 0. The second-order valence-corrected chi connectivity index (χ2v) is 4.49. The molecule has 2 rings (SSSR count). The van der Waals surface area contributed by atoms with E-state index in [4.69, 9.17) is 4.74 Å². The number of carbonyl (C=O) groups is 1. The van der Waals surface area contributed by atoms with Gasteiger partial charge in [-0.05, 0) is 26.7 Å². The fourth-order valence-electron chi connectivity index (χ4n) is 2.75. The first-order valence-corrected chi connectivity index (χ1v) is 5.66. The van der Waals surface area contributed by atoms with Crippen molar-refractivity contribution in [3.8, 4) is 0 Å². The van der Waals surface area contributed by atoms with Crippen LogP contribution in [-0.2, 0) is 9.53 Å². The van der Waals surface area contributed by atoms with Crippen LogP contribution >= 0.6 is 0 Å². The van der Waals surface area contributed by atoms with Crippen molar-refractivity contribution in [3.05, 3.63) is 0 Å². The number of likely N-dealkylation sites (tertiary alicyclic amines) is 1. The molecule has 0 N–H and O–H groups in total. The van der Waals surface area contributed by atoms with E-state index in [0.29, 0.717) is 13.2 Å². The van der Waals surface area contributed by atoms with Crippen molar-refractivity contribution < 1.29 is 14.3 Å². The first kappa shape index (κ1) is 11.1. The molecule has 1 heterocycles. The zero-order valence-electron chi connectivity index (χ0n) is 9.60. The predicted octanol–water partition coefficient (Wildman–Crippen LogP) is 1.33. The molecule has 1 aliphatic carbocycles. The van der Waals surface area contributed by atoms with E-state index in [9.17, 15) is 9.59 Å². The van der Waals surface area contributed by atoms with Crippen molar-refractivity contribution in [3.63, 3.8) is 0 Å². The number of hydrogen-bond acceptors (Lipinski definition) is 4. The Morgan fingerprint density at radius 1 is 1.69 bits per heavy atom. The number of rotatable bonds is 2. The molecule has 0 bridgehead atoms. The molecule has 16 heavy (non-hydrogen) atoms. The molecule has 1 spiro atoms. The summed E-state index contributed by atoms with van der Waals surface area (Å²) in [6.45, 7) is 4.89. The number of hydrogen-bond donors (Lipinski definition) is 0. The zero-order chi connectivity index (χ0) is 11.8. The van der Waals surface area contributed by atoms with E-state index in [0.717, 1.165) is 12.8 Å². The molecule has 88 valence electrons. The fourth-order valence-corrected chi connectivity index (χ4v) is 2.75. The SMILES string of the molecule is CCOC(=O)N1CCC2(CC2N=C=O)C1C. The Morgan fingerprint density at radius 3 is 3.06 bits per heavy atom. The van der Waals surface area contributed by atoms with Crippen molar-refractivity contribution in [1.29, 1.82) is 0 Å². The number of isocyanates is 1. The summed E-state index contributed by atoms with van der Waals surface area (Å²) in [5.41, 5.74) is 0.0180. The van der Waals surface area contributed by atoms with Crippen LogP contribution < -0.4 is 0 Å². The van der Waals surface area contributed by atoms with E-state index in [1.165, 1.54) is 0 Å². The molecule has 0 aromatic rings. The van der Waals surface area contributed by atoms with Crippen LogP contribution in [0.5, 0.6) is 0 Å². The number of ether oxygens (including phenoxy) is 1. The Kier molecular flexibility index (Phi) is 2.72. The lowest BCUT2D eigenvalue weighted by Crippen LogP contribution is -2.37. The minimum Gasteiger partial charge on any atom is -0.450 e. The van der Waals surface area contributed by atoms with E-state index in [-0.39, 0.29) is 23.6 Å². The molecule has 5 nitrogen and oxygen atoms in total. The number of carbonyl (C=O) groups excluding carboxylic acids is 2. The van der Waals surface area contributed by atoms with Crippen LogP contribution in [-0.4, -0.2) is 42.3 Å². The maximum Gasteiger partial charge on any atom is 0.410 e. The molecule has 5 heteroatoms. The van der Waals surface area contributed by atoms with Crippen LogP contribution in [0.2, 0.25) is 0 Å². The summed E-state index contributed by atoms with van der Waals surface area (Å²) in [5.74, 6) is 0. The van der Waals surface area contributed by atoms with Crippen LogP contribution in [0.1, 0.15) is 26.7 Å². The molecule has 2 fully saturated rings. The molecule has 1 saturated heterocycles. The van der Waals surface area contributed by atoms with Crippen molar-refractivity contribution in [2.45, 2.75) is 38.8 Å². The highest BCUT2D eigenvalue weighted by atomic mass is 16.6. The van der Waals surface area contributed by atoms with E-state index >= 15 is 0 Å². The summed E-state index contributed by atoms with van der Waals surface area (Å²) in [6.07, 6.45) is 3.15. The Morgan fingerprint density at radius 2 is 2.44 bits per heavy atom. The summed E-state index contributed by atoms with van der Waals surface area (Å²) >= 11 is 0. The van der Waals surface area contributed by atoms with Gasteiger partial charge in [0.25, 0.3) is 0 Å². The predicted molar refractivity (Wildman–Crippen MR) is 56.8 cm³/mol. The van der Waals surface area contributed by atoms with Crippen LogP contribution in [0.15, 0.2) is 4.99 Å². The smallest absolute Gasteiger partial charge is 0.410 e. The lowest BCUT2D eigenvalue weighted by atomic mass is 9.98. The van der Waals surface area contributed by atoms with Crippen molar-refractivity contribution in [2.24, 2.45) is 10.4 Å². The molecule has 1 saturated carbocycles.